The van der Waals surface area contributed by atoms with Crippen molar-refractivity contribution >= 4 is 80.2 Å². The number of benzene rings is 3. The Balaban J connectivity index is 1.68. The van der Waals surface area contributed by atoms with Crippen LogP contribution in [0.5, 0.6) is 0 Å². The molecule has 0 heterocycles. The molecule has 0 bridgehead atoms. The lowest BCUT2D eigenvalue weighted by molar-refractivity contribution is -0.384. The van der Waals surface area contributed by atoms with Crippen LogP contribution in [-0.4, -0.2) is 25.9 Å². The number of anilines is 1. The number of halogens is 3. The Hall–Kier alpha value is -2.65. The number of fused-ring (bicyclic) bond motifs is 1. The van der Waals surface area contributed by atoms with Crippen LogP contribution in [0.3, 0.4) is 0 Å². The summed E-state index contributed by atoms with van der Waals surface area (Å²) in [6.07, 6.45) is -1.10. The zero-order valence-corrected chi connectivity index (χ0v) is 19.4. The number of rotatable bonds is 6. The molecule has 0 aliphatic heterocycles. The second kappa shape index (κ2) is 10.3. The molecule has 0 aliphatic carbocycles. The smallest absolute Gasteiger partial charge is 0.271 e. The molecular weight excluding hydrogens is 495 g/mol. The van der Waals surface area contributed by atoms with E-state index in [0.29, 0.717) is 5.69 Å². The first-order valence-electron chi connectivity index (χ1n) is 9.28. The van der Waals surface area contributed by atoms with E-state index in [9.17, 15) is 14.9 Å². The largest absolute Gasteiger partial charge is 0.339 e. The van der Waals surface area contributed by atoms with Gasteiger partial charge >= 0.3 is 0 Å². The summed E-state index contributed by atoms with van der Waals surface area (Å²) in [5.74, 6) is -0.386. The highest BCUT2D eigenvalue weighted by Gasteiger charge is 2.34. The Kier molecular flexibility index (Phi) is 7.73. The third-order valence-electron chi connectivity index (χ3n) is 4.45. The fraction of sp³-hybridized carbons (Fsp3) is 0.143. The molecule has 11 heteroatoms. The number of nitro groups is 1. The normalized spacial score (nSPS) is 12.1. The molecule has 7 nitrogen and oxygen atoms in total. The van der Waals surface area contributed by atoms with Gasteiger partial charge in [-0.25, -0.2) is 0 Å². The predicted octanol–water partition coefficient (Wildman–Crippen LogP) is 5.09. The third kappa shape index (κ3) is 6.43. The number of thiocarbonyl (C=S) groups is 1. The molecule has 0 aromatic heterocycles. The molecule has 1 atom stereocenters. The highest BCUT2D eigenvalue weighted by atomic mass is 35.6. The van der Waals surface area contributed by atoms with Crippen molar-refractivity contribution in [2.45, 2.75) is 16.4 Å². The molecule has 166 valence electrons. The Morgan fingerprint density at radius 2 is 1.72 bits per heavy atom. The molecule has 1 unspecified atom stereocenters. The molecule has 3 aromatic carbocycles. The molecule has 0 saturated heterocycles. The number of hydrogen-bond donors (Lipinski definition) is 3. The molecule has 0 saturated carbocycles. The van der Waals surface area contributed by atoms with Gasteiger partial charge in [0.05, 0.1) is 11.3 Å². The fourth-order valence-electron chi connectivity index (χ4n) is 3.03. The van der Waals surface area contributed by atoms with Crippen molar-refractivity contribution in [3.05, 3.63) is 82.4 Å². The number of hydrogen-bond acceptors (Lipinski definition) is 4. The van der Waals surface area contributed by atoms with Crippen molar-refractivity contribution in [3.63, 3.8) is 0 Å². The molecule has 1 amide bonds. The van der Waals surface area contributed by atoms with E-state index in [1.165, 1.54) is 18.2 Å². The summed E-state index contributed by atoms with van der Waals surface area (Å²) in [5, 5.41) is 21.0. The van der Waals surface area contributed by atoms with E-state index < -0.39 is 14.9 Å². The van der Waals surface area contributed by atoms with Gasteiger partial charge in [0.15, 0.2) is 5.11 Å². The molecular formula is C21H17Cl3N4O3S. The Morgan fingerprint density at radius 1 is 1.03 bits per heavy atom. The van der Waals surface area contributed by atoms with E-state index >= 15 is 0 Å². The van der Waals surface area contributed by atoms with E-state index in [-0.39, 0.29) is 23.1 Å². The van der Waals surface area contributed by atoms with Crippen molar-refractivity contribution < 1.29 is 9.72 Å². The minimum Gasteiger partial charge on any atom is -0.339 e. The van der Waals surface area contributed by atoms with Crippen molar-refractivity contribution in [2.24, 2.45) is 0 Å². The zero-order valence-electron chi connectivity index (χ0n) is 16.3. The van der Waals surface area contributed by atoms with E-state index in [1.54, 1.807) is 6.07 Å². The van der Waals surface area contributed by atoms with Gasteiger partial charge in [-0.05, 0) is 34.6 Å². The van der Waals surface area contributed by atoms with Crippen LogP contribution >= 0.6 is 47.0 Å². The molecule has 0 aliphatic rings. The van der Waals surface area contributed by atoms with E-state index in [0.717, 1.165) is 16.3 Å². The molecule has 32 heavy (non-hydrogen) atoms. The van der Waals surface area contributed by atoms with Gasteiger partial charge in [-0.3, -0.25) is 14.9 Å². The number of carbonyl (C=O) groups excluding carboxylic acids is 1. The molecule has 0 spiro atoms. The predicted molar refractivity (Wildman–Crippen MR) is 132 cm³/mol. The molecule has 0 fully saturated rings. The minimum absolute atomic E-state index is 0.00674. The highest BCUT2D eigenvalue weighted by molar-refractivity contribution is 7.80. The molecule has 3 N–H and O–H groups in total. The second-order valence-electron chi connectivity index (χ2n) is 6.76. The summed E-state index contributed by atoms with van der Waals surface area (Å²) in [5.41, 5.74) is 1.07. The summed E-state index contributed by atoms with van der Waals surface area (Å²) in [6.45, 7) is 0. The number of alkyl halides is 3. The van der Waals surface area contributed by atoms with Gasteiger partial charge in [0.25, 0.3) is 5.69 Å². The minimum atomic E-state index is -1.93. The Bertz CT molecular complexity index is 1160. The quantitative estimate of drug-likeness (QED) is 0.140. The van der Waals surface area contributed by atoms with Gasteiger partial charge < -0.3 is 16.0 Å². The van der Waals surface area contributed by atoms with Gasteiger partial charge in [-0.2, -0.15) is 0 Å². The van der Waals surface area contributed by atoms with Crippen LogP contribution in [0.4, 0.5) is 11.4 Å². The van der Waals surface area contributed by atoms with Crippen LogP contribution in [0, 0.1) is 10.1 Å². The van der Waals surface area contributed by atoms with Gasteiger partial charge in [0, 0.05) is 17.8 Å². The Labute approximate surface area is 204 Å². The summed E-state index contributed by atoms with van der Waals surface area (Å²) in [7, 11) is 0. The lowest BCUT2D eigenvalue weighted by atomic mass is 10.0. The van der Waals surface area contributed by atoms with Crippen LogP contribution in [0.25, 0.3) is 10.8 Å². The van der Waals surface area contributed by atoms with Crippen molar-refractivity contribution in [3.8, 4) is 0 Å². The summed E-state index contributed by atoms with van der Waals surface area (Å²) in [6, 6.07) is 19.1. The van der Waals surface area contributed by atoms with Crippen LogP contribution in [0.15, 0.2) is 66.7 Å². The van der Waals surface area contributed by atoms with Gasteiger partial charge in [0.2, 0.25) is 9.70 Å². The molecule has 0 radical (unpaired) electrons. The lowest BCUT2D eigenvalue weighted by Gasteiger charge is -2.28. The van der Waals surface area contributed by atoms with Crippen LogP contribution in [0.1, 0.15) is 5.56 Å². The number of non-ortho nitro benzene ring substituents is 1. The number of nitrogens with zero attached hydrogens (tertiary/aromatic N) is 1. The summed E-state index contributed by atoms with van der Waals surface area (Å²) in [4.78, 5) is 23.1. The lowest BCUT2D eigenvalue weighted by Crippen LogP contribution is -2.56. The average molecular weight is 512 g/mol. The van der Waals surface area contributed by atoms with E-state index in [2.05, 4.69) is 16.0 Å². The van der Waals surface area contributed by atoms with E-state index in [1.807, 2.05) is 42.5 Å². The van der Waals surface area contributed by atoms with Crippen molar-refractivity contribution in [2.75, 3.05) is 5.32 Å². The average Bonchev–Trinajstić information content (AvgIpc) is 2.73. The van der Waals surface area contributed by atoms with Crippen LogP contribution in [-0.2, 0) is 11.2 Å². The monoisotopic (exact) mass is 510 g/mol. The van der Waals surface area contributed by atoms with Gasteiger partial charge in [0.1, 0.15) is 6.17 Å². The number of carbonyl (C=O) groups is 1. The van der Waals surface area contributed by atoms with Crippen molar-refractivity contribution in [1.82, 2.24) is 10.6 Å². The number of nitro benzene ring substituents is 1. The maximum absolute atomic E-state index is 12.7. The van der Waals surface area contributed by atoms with Gasteiger partial charge in [-0.15, -0.1) is 0 Å². The fourth-order valence-corrected chi connectivity index (χ4v) is 3.59. The highest BCUT2D eigenvalue weighted by Crippen LogP contribution is 2.29. The van der Waals surface area contributed by atoms with Crippen LogP contribution < -0.4 is 16.0 Å². The van der Waals surface area contributed by atoms with E-state index in [4.69, 9.17) is 47.0 Å². The molecule has 3 rings (SSSR count). The topological polar surface area (TPSA) is 96.3 Å². The third-order valence-corrected chi connectivity index (χ3v) is 5.33. The maximum Gasteiger partial charge on any atom is 0.271 e. The SMILES string of the molecule is O=C(Cc1cccc2ccccc12)NC(NC(=S)Nc1cccc([N+](=O)[O-])c1)C(Cl)(Cl)Cl. The summed E-state index contributed by atoms with van der Waals surface area (Å²) >= 11 is 23.3. The first-order valence-corrected chi connectivity index (χ1v) is 10.8. The first-order chi connectivity index (χ1) is 15.1. The zero-order chi connectivity index (χ0) is 23.3. The van der Waals surface area contributed by atoms with Crippen LogP contribution in [0.2, 0.25) is 0 Å². The number of nitrogens with one attached hydrogen (secondary N) is 3. The van der Waals surface area contributed by atoms with Crippen molar-refractivity contribution in [1.29, 1.82) is 0 Å². The maximum atomic E-state index is 12.7. The number of amides is 1. The second-order valence-corrected chi connectivity index (χ2v) is 9.54. The Morgan fingerprint density at radius 3 is 2.44 bits per heavy atom. The summed E-state index contributed by atoms with van der Waals surface area (Å²) < 4.78 is -1.93. The first kappa shape index (κ1) is 24.0. The van der Waals surface area contributed by atoms with Gasteiger partial charge in [-0.1, -0.05) is 83.3 Å². The standard InChI is InChI=1S/C21H17Cl3N4O3S/c22-21(23,24)19(27-20(32)25-15-8-4-9-16(12-15)28(30)31)26-18(29)11-14-7-3-6-13-5-1-2-10-17(13)14/h1-10,12,19H,11H2,(H,26,29)(H2,25,27,32). The molecule has 3 aromatic rings.